The smallest absolute Gasteiger partial charge is 0.306 e. The van der Waals surface area contributed by atoms with Gasteiger partial charge in [0.15, 0.2) is 0 Å². The molecule has 4 heteroatoms. The van der Waals surface area contributed by atoms with Crippen molar-refractivity contribution in [1.29, 1.82) is 0 Å². The molecule has 33 heavy (non-hydrogen) atoms. The molecular weight excluding hydrogens is 412 g/mol. The number of esters is 1. The van der Waals surface area contributed by atoms with E-state index in [2.05, 4.69) is 20.8 Å². The normalized spacial score (nSPS) is 29.7. The lowest BCUT2D eigenvalue weighted by Gasteiger charge is -2.28. The van der Waals surface area contributed by atoms with E-state index in [9.17, 15) is 14.7 Å². The van der Waals surface area contributed by atoms with E-state index < -0.39 is 0 Å². The van der Waals surface area contributed by atoms with Gasteiger partial charge in [0.2, 0.25) is 0 Å². The summed E-state index contributed by atoms with van der Waals surface area (Å²) in [7, 11) is 0. The van der Waals surface area contributed by atoms with Crippen LogP contribution in [0.1, 0.15) is 143 Å². The third-order valence-corrected chi connectivity index (χ3v) is 7.73. The van der Waals surface area contributed by atoms with Crippen LogP contribution in [0.15, 0.2) is 0 Å². The number of ether oxygens (including phenoxy) is 1. The quantitative estimate of drug-likeness (QED) is 0.307. The van der Waals surface area contributed by atoms with E-state index in [-0.39, 0.29) is 18.2 Å². The molecule has 0 saturated heterocycles. The summed E-state index contributed by atoms with van der Waals surface area (Å²) in [5, 5.41) is 9.18. The van der Waals surface area contributed by atoms with E-state index in [4.69, 9.17) is 4.74 Å². The van der Waals surface area contributed by atoms with Crippen molar-refractivity contribution in [3.8, 4) is 0 Å². The molecule has 5 atom stereocenters. The summed E-state index contributed by atoms with van der Waals surface area (Å²) in [6.45, 7) is 8.57. The second-order valence-corrected chi connectivity index (χ2v) is 10.9. The van der Waals surface area contributed by atoms with Crippen molar-refractivity contribution in [1.82, 2.24) is 0 Å². The van der Waals surface area contributed by atoms with Gasteiger partial charge in [0.1, 0.15) is 11.9 Å². The molecule has 0 bridgehead atoms. The van der Waals surface area contributed by atoms with Crippen molar-refractivity contribution in [2.24, 2.45) is 17.8 Å². The number of carbonyl (C=O) groups excluding carboxylic acids is 2. The van der Waals surface area contributed by atoms with Gasteiger partial charge in [0, 0.05) is 18.8 Å². The lowest BCUT2D eigenvalue weighted by Crippen LogP contribution is -2.28. The molecule has 3 saturated carbocycles. The van der Waals surface area contributed by atoms with Crippen molar-refractivity contribution >= 4 is 11.8 Å². The Kier molecular flexibility index (Phi) is 16.8. The molecule has 3 aliphatic rings. The van der Waals surface area contributed by atoms with Crippen molar-refractivity contribution < 1.29 is 19.4 Å². The van der Waals surface area contributed by atoms with Gasteiger partial charge in [0.25, 0.3) is 0 Å². The average Bonchev–Trinajstić information content (AvgIpc) is 2.80. The van der Waals surface area contributed by atoms with Crippen LogP contribution in [-0.2, 0) is 14.3 Å². The zero-order valence-electron chi connectivity index (χ0n) is 22.3. The van der Waals surface area contributed by atoms with Gasteiger partial charge in [-0.2, -0.15) is 0 Å². The maximum atomic E-state index is 11.7. The largest absolute Gasteiger partial charge is 0.462 e. The topological polar surface area (TPSA) is 63.6 Å². The third-order valence-electron chi connectivity index (χ3n) is 7.73. The van der Waals surface area contributed by atoms with E-state index in [0.29, 0.717) is 30.0 Å². The highest BCUT2D eigenvalue weighted by Crippen LogP contribution is 2.27. The second kappa shape index (κ2) is 18.4. The molecule has 0 heterocycles. The minimum absolute atomic E-state index is 0.00347. The van der Waals surface area contributed by atoms with Crippen LogP contribution >= 0.6 is 0 Å². The summed E-state index contributed by atoms with van der Waals surface area (Å²) >= 11 is 0. The molecule has 0 spiro atoms. The fourth-order valence-electron chi connectivity index (χ4n) is 5.01. The monoisotopic (exact) mass is 466 g/mol. The Balaban J connectivity index is 0.000000281. The molecular formula is C29H54O4. The average molecular weight is 467 g/mol. The second-order valence-electron chi connectivity index (χ2n) is 10.9. The van der Waals surface area contributed by atoms with E-state index in [1.54, 1.807) is 0 Å². The van der Waals surface area contributed by atoms with Crippen molar-refractivity contribution in [2.45, 2.75) is 155 Å². The summed E-state index contributed by atoms with van der Waals surface area (Å²) in [5.41, 5.74) is 0. The summed E-state index contributed by atoms with van der Waals surface area (Å²) in [5.74, 6) is 1.98. The molecule has 1 N–H and O–H groups in total. The third kappa shape index (κ3) is 14.2. The summed E-state index contributed by atoms with van der Waals surface area (Å²) in [4.78, 5) is 22.5. The summed E-state index contributed by atoms with van der Waals surface area (Å²) in [6.07, 6.45) is 20.7. The number of hydrogen-bond donors (Lipinski definition) is 1. The maximum Gasteiger partial charge on any atom is 0.306 e. The number of Topliss-reactive ketones (excluding diaryl/α,β-unsaturated/α-hetero) is 1. The Morgan fingerprint density at radius 1 is 0.818 bits per heavy atom. The molecule has 4 nitrogen and oxygen atoms in total. The van der Waals surface area contributed by atoms with Crippen molar-refractivity contribution in [3.05, 3.63) is 0 Å². The van der Waals surface area contributed by atoms with Crippen LogP contribution in [-0.4, -0.2) is 29.1 Å². The van der Waals surface area contributed by atoms with E-state index in [0.717, 1.165) is 38.5 Å². The first-order chi connectivity index (χ1) is 15.8. The van der Waals surface area contributed by atoms with Crippen LogP contribution in [0.3, 0.4) is 0 Å². The van der Waals surface area contributed by atoms with Gasteiger partial charge in [-0.1, -0.05) is 79.1 Å². The van der Waals surface area contributed by atoms with E-state index in [1.807, 2.05) is 6.92 Å². The van der Waals surface area contributed by atoms with Gasteiger partial charge in [-0.3, -0.25) is 9.59 Å². The Bertz CT molecular complexity index is 508. The number of aliphatic hydroxyl groups excluding tert-OH is 1. The predicted octanol–water partition coefficient (Wildman–Crippen LogP) is 7.79. The van der Waals surface area contributed by atoms with Gasteiger partial charge in [0.05, 0.1) is 6.10 Å². The first-order valence-corrected chi connectivity index (χ1v) is 14.2. The van der Waals surface area contributed by atoms with Gasteiger partial charge >= 0.3 is 5.97 Å². The molecule has 0 radical (unpaired) electrons. The molecule has 3 fully saturated rings. The van der Waals surface area contributed by atoms with Crippen molar-refractivity contribution in [2.75, 3.05) is 0 Å². The lowest BCUT2D eigenvalue weighted by molar-refractivity contribution is -0.153. The number of hydrogen-bond acceptors (Lipinski definition) is 4. The predicted molar refractivity (Wildman–Crippen MR) is 137 cm³/mol. The van der Waals surface area contributed by atoms with Crippen LogP contribution in [0.2, 0.25) is 0 Å². The van der Waals surface area contributed by atoms with Crippen LogP contribution in [0.5, 0.6) is 0 Å². The molecule has 0 aliphatic heterocycles. The number of unbranched alkanes of at least 4 members (excludes halogenated alkanes) is 4. The zero-order chi connectivity index (χ0) is 24.5. The molecule has 194 valence electrons. The Morgan fingerprint density at radius 2 is 1.42 bits per heavy atom. The molecule has 0 aromatic heterocycles. The fraction of sp³-hybridized carbons (Fsp3) is 0.931. The summed E-state index contributed by atoms with van der Waals surface area (Å²) in [6, 6.07) is 0. The Morgan fingerprint density at radius 3 is 1.94 bits per heavy atom. The summed E-state index contributed by atoms with van der Waals surface area (Å²) < 4.78 is 5.57. The van der Waals surface area contributed by atoms with Gasteiger partial charge in [-0.25, -0.2) is 0 Å². The number of aliphatic hydroxyl groups is 1. The Labute approximate surface area is 204 Å². The van der Waals surface area contributed by atoms with Crippen LogP contribution in [0, 0.1) is 17.8 Å². The highest BCUT2D eigenvalue weighted by Gasteiger charge is 2.24. The minimum Gasteiger partial charge on any atom is -0.462 e. The van der Waals surface area contributed by atoms with Gasteiger partial charge in [-0.05, 0) is 63.2 Å². The standard InChI is InChI=1S/C15H28O2.C7H14O.C7H12O/c1-3-4-5-6-7-12-15(16)17-14-11-9-8-10-13(14)2;2*1-6-4-2-3-5-7(6)8/h13-14H,3-12H2,1-2H3;6-8H,2-5H2,1H3;6H,2-5H2,1H3/t13-,14-;;/m1../s1. The molecule has 0 aromatic rings. The SMILES string of the molecule is CC1CCCCC1=O.CC1CCCCC1O.CCCCCCCC(=O)O[C@@H]1CCCC[C@H]1C. The number of carbonyl (C=O) groups is 2. The van der Waals surface area contributed by atoms with Gasteiger partial charge in [-0.15, -0.1) is 0 Å². The highest BCUT2D eigenvalue weighted by atomic mass is 16.5. The van der Waals surface area contributed by atoms with Crippen LogP contribution in [0.25, 0.3) is 0 Å². The zero-order valence-corrected chi connectivity index (χ0v) is 22.3. The van der Waals surface area contributed by atoms with Crippen LogP contribution < -0.4 is 0 Å². The van der Waals surface area contributed by atoms with Crippen molar-refractivity contribution in [3.63, 3.8) is 0 Å². The lowest BCUT2D eigenvalue weighted by atomic mass is 9.88. The molecule has 3 rings (SSSR count). The molecule has 0 aromatic carbocycles. The van der Waals surface area contributed by atoms with E-state index in [1.165, 1.54) is 70.6 Å². The number of rotatable bonds is 7. The van der Waals surface area contributed by atoms with Gasteiger partial charge < -0.3 is 9.84 Å². The highest BCUT2D eigenvalue weighted by molar-refractivity contribution is 5.81. The fourth-order valence-corrected chi connectivity index (χ4v) is 5.01. The first-order valence-electron chi connectivity index (χ1n) is 14.2. The molecule has 3 unspecified atom stereocenters. The molecule has 0 amide bonds. The van der Waals surface area contributed by atoms with E-state index >= 15 is 0 Å². The number of ketones is 1. The maximum absolute atomic E-state index is 11.7. The molecule has 3 aliphatic carbocycles. The minimum atomic E-state index is 0.00347. The first kappa shape index (κ1) is 30.1. The Hall–Kier alpha value is -0.900. The van der Waals surface area contributed by atoms with Crippen LogP contribution in [0.4, 0.5) is 0 Å².